The summed E-state index contributed by atoms with van der Waals surface area (Å²) in [5, 5.41) is 2.62. The summed E-state index contributed by atoms with van der Waals surface area (Å²) in [5.74, 6) is -0.520. The number of piperazine rings is 1. The molecular weight excluding hydrogens is 385 g/mol. The van der Waals surface area contributed by atoms with Crippen molar-refractivity contribution in [2.75, 3.05) is 55.2 Å². The Morgan fingerprint density at radius 2 is 1.73 bits per heavy atom. The molecule has 30 heavy (non-hydrogen) atoms. The van der Waals surface area contributed by atoms with Gasteiger partial charge in [-0.25, -0.2) is 9.18 Å². The number of hydrogen-bond donors (Lipinski definition) is 2. The highest BCUT2D eigenvalue weighted by atomic mass is 19.1. The first-order valence-corrected chi connectivity index (χ1v) is 10.2. The van der Waals surface area contributed by atoms with E-state index in [2.05, 4.69) is 10.2 Å². The lowest BCUT2D eigenvalue weighted by Gasteiger charge is -2.37. The summed E-state index contributed by atoms with van der Waals surface area (Å²) < 4.78 is 13.8. The number of rotatable bonds is 5. The van der Waals surface area contributed by atoms with E-state index in [4.69, 9.17) is 5.73 Å². The summed E-state index contributed by atoms with van der Waals surface area (Å²) in [4.78, 5) is 31.0. The number of para-hydroxylation sites is 1. The number of nitrogens with two attached hydrogens (primary N) is 1. The zero-order valence-electron chi connectivity index (χ0n) is 17.4. The van der Waals surface area contributed by atoms with E-state index in [0.717, 1.165) is 5.69 Å². The first-order chi connectivity index (χ1) is 14.4. The molecule has 3 amide bonds. The second kappa shape index (κ2) is 9.47. The van der Waals surface area contributed by atoms with Crippen LogP contribution in [0.15, 0.2) is 42.5 Å². The van der Waals surface area contributed by atoms with Crippen LogP contribution in [0, 0.1) is 5.82 Å². The highest BCUT2D eigenvalue weighted by Crippen LogP contribution is 2.26. The zero-order valence-corrected chi connectivity index (χ0v) is 17.4. The number of carbonyl (C=O) groups is 2. The van der Waals surface area contributed by atoms with Gasteiger partial charge in [-0.3, -0.25) is 4.79 Å². The van der Waals surface area contributed by atoms with E-state index in [-0.39, 0.29) is 17.6 Å². The summed E-state index contributed by atoms with van der Waals surface area (Å²) in [5.41, 5.74) is 8.03. The van der Waals surface area contributed by atoms with Gasteiger partial charge in [0, 0.05) is 50.6 Å². The fourth-order valence-electron chi connectivity index (χ4n) is 3.59. The van der Waals surface area contributed by atoms with Crippen molar-refractivity contribution in [3.8, 4) is 0 Å². The maximum absolute atomic E-state index is 13.8. The molecule has 3 rings (SSSR count). The van der Waals surface area contributed by atoms with Crippen LogP contribution in [0.2, 0.25) is 0 Å². The van der Waals surface area contributed by atoms with E-state index >= 15 is 0 Å². The molecule has 0 aromatic heterocycles. The van der Waals surface area contributed by atoms with Crippen LogP contribution in [0.5, 0.6) is 0 Å². The van der Waals surface area contributed by atoms with Crippen LogP contribution in [0.4, 0.5) is 26.2 Å². The van der Waals surface area contributed by atoms with Crippen LogP contribution in [-0.4, -0.2) is 61.0 Å². The molecule has 0 aliphatic carbocycles. The fourth-order valence-corrected chi connectivity index (χ4v) is 3.59. The maximum atomic E-state index is 13.8. The number of nitrogen functional groups attached to an aromatic ring is 1. The normalized spacial score (nSPS) is 13.8. The predicted molar refractivity (Wildman–Crippen MR) is 117 cm³/mol. The molecule has 0 unspecified atom stereocenters. The summed E-state index contributed by atoms with van der Waals surface area (Å²) in [6.07, 6.45) is 0. The van der Waals surface area contributed by atoms with E-state index in [1.165, 1.54) is 12.1 Å². The number of nitrogens with one attached hydrogen (secondary N) is 1. The second-order valence-corrected chi connectivity index (χ2v) is 7.14. The second-order valence-electron chi connectivity index (χ2n) is 7.14. The van der Waals surface area contributed by atoms with Gasteiger partial charge in [0.15, 0.2) is 0 Å². The lowest BCUT2D eigenvalue weighted by Crippen LogP contribution is -2.50. The first kappa shape index (κ1) is 21.4. The minimum absolute atomic E-state index is 0.0537. The smallest absolute Gasteiger partial charge is 0.322 e. The van der Waals surface area contributed by atoms with Gasteiger partial charge in [0.05, 0.1) is 11.3 Å². The zero-order chi connectivity index (χ0) is 21.7. The lowest BCUT2D eigenvalue weighted by atomic mass is 10.1. The van der Waals surface area contributed by atoms with Crippen molar-refractivity contribution in [3.63, 3.8) is 0 Å². The molecule has 2 aromatic carbocycles. The van der Waals surface area contributed by atoms with E-state index < -0.39 is 5.82 Å². The monoisotopic (exact) mass is 413 g/mol. The molecule has 160 valence electrons. The van der Waals surface area contributed by atoms with Crippen LogP contribution in [0.1, 0.15) is 24.2 Å². The van der Waals surface area contributed by atoms with E-state index in [1.54, 1.807) is 34.1 Å². The Labute approximate surface area is 176 Å². The Morgan fingerprint density at radius 3 is 2.37 bits per heavy atom. The number of anilines is 3. The Kier molecular flexibility index (Phi) is 6.76. The molecule has 1 heterocycles. The molecule has 0 bridgehead atoms. The maximum Gasteiger partial charge on any atom is 0.322 e. The van der Waals surface area contributed by atoms with E-state index in [9.17, 15) is 14.0 Å². The first-order valence-electron chi connectivity index (χ1n) is 10.2. The van der Waals surface area contributed by atoms with Gasteiger partial charge in [-0.1, -0.05) is 12.1 Å². The molecule has 1 saturated heterocycles. The van der Waals surface area contributed by atoms with Crippen LogP contribution < -0.4 is 16.0 Å². The van der Waals surface area contributed by atoms with Crippen molar-refractivity contribution in [3.05, 3.63) is 53.8 Å². The van der Waals surface area contributed by atoms with Gasteiger partial charge in [-0.15, -0.1) is 0 Å². The molecule has 8 heteroatoms. The minimum atomic E-state index is -0.467. The molecule has 2 aromatic rings. The molecule has 1 fully saturated rings. The van der Waals surface area contributed by atoms with Crippen LogP contribution >= 0.6 is 0 Å². The average molecular weight is 413 g/mol. The Morgan fingerprint density at radius 1 is 1.07 bits per heavy atom. The standard InChI is InChI=1S/C22H28FN5O2/c1-3-26(4-2)21(29)17-15-16(24)9-10-20(17)27-11-13-28(14-12-27)22(30)25-19-8-6-5-7-18(19)23/h5-10,15H,3-4,11-14,24H2,1-2H3,(H,25,30). The van der Waals surface area contributed by atoms with Gasteiger partial charge in [0.1, 0.15) is 5.82 Å². The summed E-state index contributed by atoms with van der Waals surface area (Å²) in [6, 6.07) is 11.1. The average Bonchev–Trinajstić information content (AvgIpc) is 2.76. The summed E-state index contributed by atoms with van der Waals surface area (Å²) in [6.45, 7) is 7.18. The van der Waals surface area contributed by atoms with Crippen molar-refractivity contribution in [2.45, 2.75) is 13.8 Å². The topological polar surface area (TPSA) is 81.9 Å². The molecule has 1 aliphatic rings. The molecule has 0 atom stereocenters. The van der Waals surface area contributed by atoms with Crippen LogP contribution in [0.3, 0.4) is 0 Å². The molecule has 0 saturated carbocycles. The van der Waals surface area contributed by atoms with Crippen molar-refractivity contribution < 1.29 is 14.0 Å². The number of halogens is 1. The fraction of sp³-hybridized carbons (Fsp3) is 0.364. The predicted octanol–water partition coefficient (Wildman–Crippen LogP) is 3.24. The molecule has 1 aliphatic heterocycles. The van der Waals surface area contributed by atoms with Crippen molar-refractivity contribution in [2.24, 2.45) is 0 Å². The van der Waals surface area contributed by atoms with Crippen LogP contribution in [-0.2, 0) is 0 Å². The lowest BCUT2D eigenvalue weighted by molar-refractivity contribution is 0.0773. The number of hydrogen-bond acceptors (Lipinski definition) is 4. The van der Waals surface area contributed by atoms with Gasteiger partial charge in [0.2, 0.25) is 0 Å². The SMILES string of the molecule is CCN(CC)C(=O)c1cc(N)ccc1N1CCN(C(=O)Nc2ccccc2F)CC1. The third kappa shape index (κ3) is 4.64. The Balaban J connectivity index is 1.70. The molecule has 0 spiro atoms. The third-order valence-corrected chi connectivity index (χ3v) is 5.32. The van der Waals surface area contributed by atoms with Crippen molar-refractivity contribution in [1.29, 1.82) is 0 Å². The van der Waals surface area contributed by atoms with E-state index in [0.29, 0.717) is 50.5 Å². The number of nitrogens with zero attached hydrogens (tertiary/aromatic N) is 3. The number of amides is 3. The van der Waals surface area contributed by atoms with Crippen molar-refractivity contribution in [1.82, 2.24) is 9.80 Å². The van der Waals surface area contributed by atoms with Crippen molar-refractivity contribution >= 4 is 29.0 Å². The van der Waals surface area contributed by atoms with Gasteiger partial charge < -0.3 is 25.8 Å². The number of urea groups is 1. The molecule has 7 nitrogen and oxygen atoms in total. The third-order valence-electron chi connectivity index (χ3n) is 5.32. The Hall–Kier alpha value is -3.29. The molecular formula is C22H28FN5O2. The van der Waals surface area contributed by atoms with Gasteiger partial charge in [-0.2, -0.15) is 0 Å². The highest BCUT2D eigenvalue weighted by Gasteiger charge is 2.26. The van der Waals surface area contributed by atoms with Gasteiger partial charge >= 0.3 is 6.03 Å². The number of carbonyl (C=O) groups excluding carboxylic acids is 2. The largest absolute Gasteiger partial charge is 0.399 e. The van der Waals surface area contributed by atoms with Gasteiger partial charge in [0.25, 0.3) is 5.91 Å². The van der Waals surface area contributed by atoms with E-state index in [1.807, 2.05) is 19.9 Å². The Bertz CT molecular complexity index is 908. The summed E-state index contributed by atoms with van der Waals surface area (Å²) >= 11 is 0. The minimum Gasteiger partial charge on any atom is -0.399 e. The highest BCUT2D eigenvalue weighted by molar-refractivity contribution is 6.01. The molecule has 0 radical (unpaired) electrons. The van der Waals surface area contributed by atoms with Crippen LogP contribution in [0.25, 0.3) is 0 Å². The molecule has 3 N–H and O–H groups in total. The number of benzene rings is 2. The van der Waals surface area contributed by atoms with Gasteiger partial charge in [-0.05, 0) is 44.2 Å². The quantitative estimate of drug-likeness (QED) is 0.738. The summed E-state index contributed by atoms with van der Waals surface area (Å²) in [7, 11) is 0.